The summed E-state index contributed by atoms with van der Waals surface area (Å²) in [5.74, 6) is -0.0104. The zero-order valence-electron chi connectivity index (χ0n) is 19.3. The van der Waals surface area contributed by atoms with Gasteiger partial charge in [-0.2, -0.15) is 0 Å². The highest BCUT2D eigenvalue weighted by molar-refractivity contribution is 5.94. The maximum Gasteiger partial charge on any atom is 0.272 e. The number of pyridine rings is 1. The number of anilines is 1. The van der Waals surface area contributed by atoms with E-state index in [2.05, 4.69) is 16.4 Å². The molecule has 7 heteroatoms. The Morgan fingerprint density at radius 2 is 1.85 bits per heavy atom. The molecule has 0 unspecified atom stereocenters. The number of nitrogens with one attached hydrogen (secondary N) is 1. The second-order valence-electron chi connectivity index (χ2n) is 9.12. The number of carbonyl (C=O) groups is 2. The maximum absolute atomic E-state index is 13.4. The van der Waals surface area contributed by atoms with Crippen molar-refractivity contribution >= 4 is 17.5 Å². The molecule has 3 aromatic rings. The summed E-state index contributed by atoms with van der Waals surface area (Å²) in [5.41, 5.74) is 5.07. The Hall–Kier alpha value is -3.71. The van der Waals surface area contributed by atoms with Gasteiger partial charge in [-0.3, -0.25) is 14.6 Å². The van der Waals surface area contributed by atoms with Crippen LogP contribution in [0.15, 0.2) is 66.9 Å². The number of nitrogens with zero attached hydrogens (tertiary/aromatic N) is 3. The van der Waals surface area contributed by atoms with Crippen molar-refractivity contribution in [2.24, 2.45) is 5.92 Å². The van der Waals surface area contributed by atoms with Crippen molar-refractivity contribution in [2.45, 2.75) is 18.5 Å². The van der Waals surface area contributed by atoms with Gasteiger partial charge in [-0.25, -0.2) is 0 Å². The van der Waals surface area contributed by atoms with Gasteiger partial charge in [-0.15, -0.1) is 0 Å². The van der Waals surface area contributed by atoms with Crippen LogP contribution in [0.25, 0.3) is 11.1 Å². The summed E-state index contributed by atoms with van der Waals surface area (Å²) in [6, 6.07) is 18.9. The van der Waals surface area contributed by atoms with E-state index in [-0.39, 0.29) is 36.4 Å². The van der Waals surface area contributed by atoms with Crippen LogP contribution in [0.5, 0.6) is 0 Å². The van der Waals surface area contributed by atoms with Gasteiger partial charge in [0.05, 0.1) is 18.7 Å². The number of aromatic nitrogens is 1. The molecule has 3 heterocycles. The normalized spacial score (nSPS) is 20.8. The second-order valence-corrected chi connectivity index (χ2v) is 9.12. The molecule has 5 rings (SSSR count). The number of aliphatic hydroxyl groups excluding tert-OH is 1. The molecular formula is C27H28N4O3. The molecule has 3 atom stereocenters. The molecule has 0 saturated carbocycles. The number of aliphatic hydroxyl groups is 1. The highest BCUT2D eigenvalue weighted by atomic mass is 16.3. The molecule has 2 aliphatic rings. The maximum atomic E-state index is 13.4. The monoisotopic (exact) mass is 456 g/mol. The summed E-state index contributed by atoms with van der Waals surface area (Å²) in [7, 11) is 3.48. The van der Waals surface area contributed by atoms with Crippen LogP contribution < -0.4 is 5.32 Å². The molecule has 1 aromatic heterocycles. The lowest BCUT2D eigenvalue weighted by Gasteiger charge is -2.39. The third-order valence-electron chi connectivity index (χ3n) is 6.89. The van der Waals surface area contributed by atoms with Crippen LogP contribution >= 0.6 is 0 Å². The molecule has 0 aliphatic carbocycles. The molecule has 0 radical (unpaired) electrons. The zero-order chi connectivity index (χ0) is 23.8. The zero-order valence-corrected chi connectivity index (χ0v) is 19.3. The second kappa shape index (κ2) is 8.91. The van der Waals surface area contributed by atoms with Gasteiger partial charge in [0.15, 0.2) is 0 Å². The number of hydrogen-bond donors (Lipinski definition) is 2. The molecule has 2 N–H and O–H groups in total. The smallest absolute Gasteiger partial charge is 0.272 e. The van der Waals surface area contributed by atoms with Crippen molar-refractivity contribution in [1.82, 2.24) is 14.8 Å². The van der Waals surface area contributed by atoms with E-state index in [1.807, 2.05) is 47.4 Å². The van der Waals surface area contributed by atoms with E-state index in [4.69, 9.17) is 0 Å². The summed E-state index contributed by atoms with van der Waals surface area (Å²) in [6.45, 7) is 0.628. The molecule has 0 bridgehead atoms. The largest absolute Gasteiger partial charge is 0.394 e. The van der Waals surface area contributed by atoms with Crippen molar-refractivity contribution in [2.75, 3.05) is 32.6 Å². The Bertz CT molecular complexity index is 1210. The Balaban J connectivity index is 1.52. The first-order valence-corrected chi connectivity index (χ1v) is 11.5. The van der Waals surface area contributed by atoms with Crippen molar-refractivity contribution in [1.29, 1.82) is 0 Å². The van der Waals surface area contributed by atoms with Crippen molar-refractivity contribution < 1.29 is 14.7 Å². The van der Waals surface area contributed by atoms with Crippen LogP contribution in [0.4, 0.5) is 5.69 Å². The predicted molar refractivity (Wildman–Crippen MR) is 131 cm³/mol. The molecule has 2 amide bonds. The first kappa shape index (κ1) is 22.1. The summed E-state index contributed by atoms with van der Waals surface area (Å²) in [4.78, 5) is 33.3. The van der Waals surface area contributed by atoms with Gasteiger partial charge in [0.1, 0.15) is 5.69 Å². The Morgan fingerprint density at radius 1 is 1.09 bits per heavy atom. The first-order valence-electron chi connectivity index (χ1n) is 11.5. The lowest BCUT2D eigenvalue weighted by atomic mass is 9.82. The molecule has 2 aromatic carbocycles. The molecule has 174 valence electrons. The summed E-state index contributed by atoms with van der Waals surface area (Å²) in [5, 5.41) is 13.5. The number of fused-ring (bicyclic) bond motifs is 3. The van der Waals surface area contributed by atoms with E-state index < -0.39 is 0 Å². The fourth-order valence-corrected chi connectivity index (χ4v) is 5.17. The van der Waals surface area contributed by atoms with Crippen LogP contribution in [0, 0.1) is 5.92 Å². The summed E-state index contributed by atoms with van der Waals surface area (Å²) >= 11 is 0. The minimum absolute atomic E-state index is 0.00927. The van der Waals surface area contributed by atoms with Crippen molar-refractivity contribution in [3.8, 4) is 11.1 Å². The van der Waals surface area contributed by atoms with Crippen LogP contribution in [0.3, 0.4) is 0 Å². The molecule has 7 nitrogen and oxygen atoms in total. The topological polar surface area (TPSA) is 85.8 Å². The van der Waals surface area contributed by atoms with Gasteiger partial charge in [0.25, 0.3) is 11.8 Å². The molecule has 1 saturated heterocycles. The quantitative estimate of drug-likeness (QED) is 0.628. The Kier molecular flexibility index (Phi) is 5.79. The van der Waals surface area contributed by atoms with E-state index >= 15 is 0 Å². The van der Waals surface area contributed by atoms with Crippen LogP contribution in [-0.4, -0.2) is 65.0 Å². The van der Waals surface area contributed by atoms with Gasteiger partial charge >= 0.3 is 0 Å². The van der Waals surface area contributed by atoms with Crippen molar-refractivity contribution in [3.05, 3.63) is 83.7 Å². The highest BCUT2D eigenvalue weighted by Gasteiger charge is 2.46. The number of carbonyl (C=O) groups excluding carboxylic acids is 2. The third kappa shape index (κ3) is 3.82. The lowest BCUT2D eigenvalue weighted by Crippen LogP contribution is -2.43. The SMILES string of the molecule is CN(C)C(=O)c1ccc(-c2ccc3c(c2)[C@@H]2[C@@H](CCN2C(=O)c2ccccn2)[C@@H](CO)N3)cc1. The van der Waals surface area contributed by atoms with E-state index in [0.717, 1.165) is 28.8 Å². The minimum Gasteiger partial charge on any atom is -0.394 e. The number of likely N-dealkylation sites (tertiary alicyclic amines) is 1. The number of rotatable bonds is 4. The highest BCUT2D eigenvalue weighted by Crippen LogP contribution is 2.47. The van der Waals surface area contributed by atoms with Gasteiger partial charge in [-0.05, 0) is 59.5 Å². The van der Waals surface area contributed by atoms with E-state index in [0.29, 0.717) is 17.8 Å². The van der Waals surface area contributed by atoms with Crippen LogP contribution in [-0.2, 0) is 0 Å². The van der Waals surface area contributed by atoms with Crippen molar-refractivity contribution in [3.63, 3.8) is 0 Å². The number of amides is 2. The minimum atomic E-state index is -0.141. The van der Waals surface area contributed by atoms with Gasteiger partial charge in [-0.1, -0.05) is 24.3 Å². The van der Waals surface area contributed by atoms with Crippen LogP contribution in [0.1, 0.15) is 38.9 Å². The number of hydrogen-bond acceptors (Lipinski definition) is 5. The molecule has 1 fully saturated rings. The standard InChI is InChI=1S/C27H28N4O3/c1-30(2)26(33)18-8-6-17(7-9-18)19-10-11-22-21(15-19)25-20(24(16-32)29-22)12-14-31(25)27(34)23-5-3-4-13-28-23/h3-11,13,15,20,24-25,29,32H,12,14,16H2,1-2H3/t20-,24+,25-/m0/s1. The molecule has 0 spiro atoms. The fraction of sp³-hybridized carbons (Fsp3) is 0.296. The lowest BCUT2D eigenvalue weighted by molar-refractivity contribution is 0.0694. The van der Waals surface area contributed by atoms with Crippen LogP contribution in [0.2, 0.25) is 0 Å². The average molecular weight is 457 g/mol. The summed E-state index contributed by atoms with van der Waals surface area (Å²) in [6.07, 6.45) is 2.45. The molecular weight excluding hydrogens is 428 g/mol. The average Bonchev–Trinajstić information content (AvgIpc) is 3.33. The summed E-state index contributed by atoms with van der Waals surface area (Å²) < 4.78 is 0. The molecule has 2 aliphatic heterocycles. The predicted octanol–water partition coefficient (Wildman–Crippen LogP) is 3.44. The fourth-order valence-electron chi connectivity index (χ4n) is 5.17. The third-order valence-corrected chi connectivity index (χ3v) is 6.89. The van der Waals surface area contributed by atoms with E-state index in [9.17, 15) is 14.7 Å². The van der Waals surface area contributed by atoms with Gasteiger partial charge < -0.3 is 20.2 Å². The van der Waals surface area contributed by atoms with Gasteiger partial charge in [0, 0.05) is 44.0 Å². The van der Waals surface area contributed by atoms with E-state index in [1.165, 1.54) is 0 Å². The van der Waals surface area contributed by atoms with E-state index in [1.54, 1.807) is 37.3 Å². The Morgan fingerprint density at radius 3 is 2.53 bits per heavy atom. The first-order chi connectivity index (χ1) is 16.5. The van der Waals surface area contributed by atoms with Gasteiger partial charge in [0.2, 0.25) is 0 Å². The Labute approximate surface area is 199 Å². The molecule has 34 heavy (non-hydrogen) atoms. The number of benzene rings is 2.